The Morgan fingerprint density at radius 1 is 0.938 bits per heavy atom. The van der Waals surface area contributed by atoms with Crippen LogP contribution in [0.2, 0.25) is 0 Å². The Kier molecular flexibility index (Phi) is 6.05. The summed E-state index contributed by atoms with van der Waals surface area (Å²) in [7, 11) is -0.933. The molecule has 0 aliphatic heterocycles. The molecule has 0 radical (unpaired) electrons. The molecule has 0 spiro atoms. The highest BCUT2D eigenvalue weighted by Gasteiger charge is 2.20. The Hall–Kier alpha value is -3.52. The molecule has 0 aliphatic carbocycles. The van der Waals surface area contributed by atoms with Gasteiger partial charge in [0, 0.05) is 18.2 Å². The number of fused-ring (bicyclic) bond motifs is 1. The van der Waals surface area contributed by atoms with Crippen molar-refractivity contribution in [3.8, 4) is 11.5 Å². The zero-order chi connectivity index (χ0) is 22.7. The van der Waals surface area contributed by atoms with E-state index in [0.29, 0.717) is 11.4 Å². The summed E-state index contributed by atoms with van der Waals surface area (Å²) >= 11 is 0. The topological polar surface area (TPSA) is 93.3 Å². The van der Waals surface area contributed by atoms with E-state index in [1.165, 1.54) is 25.8 Å². The second-order valence-electron chi connectivity index (χ2n) is 7.52. The summed E-state index contributed by atoms with van der Waals surface area (Å²) in [5, 5.41) is 0. The summed E-state index contributed by atoms with van der Waals surface area (Å²) < 4.78 is 38.7. The Labute approximate surface area is 187 Å². The van der Waals surface area contributed by atoms with Crippen molar-refractivity contribution in [1.82, 2.24) is 9.97 Å². The lowest BCUT2D eigenvalue weighted by molar-refractivity contribution is 0.392. The molecule has 0 saturated carbocycles. The minimum absolute atomic E-state index is 0.0172. The summed E-state index contributed by atoms with van der Waals surface area (Å²) in [5.74, 6) is 1.61. The van der Waals surface area contributed by atoms with Gasteiger partial charge in [0.25, 0.3) is 10.0 Å². The van der Waals surface area contributed by atoms with Crippen molar-refractivity contribution in [2.75, 3.05) is 18.9 Å². The van der Waals surface area contributed by atoms with Gasteiger partial charge in [-0.05, 0) is 60.9 Å². The molecule has 3 aromatic carbocycles. The fraction of sp³-hybridized carbons (Fsp3) is 0.208. The molecule has 4 rings (SSSR count). The van der Waals surface area contributed by atoms with E-state index in [4.69, 9.17) is 9.47 Å². The lowest BCUT2D eigenvalue weighted by atomic mass is 10.1. The molecule has 0 saturated heterocycles. The van der Waals surface area contributed by atoms with Gasteiger partial charge in [-0.25, -0.2) is 13.4 Å². The van der Waals surface area contributed by atoms with E-state index < -0.39 is 10.0 Å². The van der Waals surface area contributed by atoms with Crippen LogP contribution >= 0.6 is 0 Å². The lowest BCUT2D eigenvalue weighted by Crippen LogP contribution is -2.14. The first-order valence-corrected chi connectivity index (χ1v) is 11.7. The number of benzene rings is 3. The Bertz CT molecular complexity index is 1350. The summed E-state index contributed by atoms with van der Waals surface area (Å²) in [4.78, 5) is 8.01. The van der Waals surface area contributed by atoms with Gasteiger partial charge in [-0.15, -0.1) is 0 Å². The number of rotatable bonds is 8. The summed E-state index contributed by atoms with van der Waals surface area (Å²) in [6.07, 6.45) is 1.55. The average Bonchev–Trinajstić information content (AvgIpc) is 3.20. The number of nitrogens with zero attached hydrogens (tertiary/aromatic N) is 1. The second-order valence-corrected chi connectivity index (χ2v) is 9.17. The van der Waals surface area contributed by atoms with E-state index in [2.05, 4.69) is 27.7 Å². The van der Waals surface area contributed by atoms with Crippen molar-refractivity contribution in [2.45, 2.75) is 24.7 Å². The maximum Gasteiger partial charge on any atom is 0.265 e. The molecule has 0 bridgehead atoms. The van der Waals surface area contributed by atoms with E-state index in [0.717, 1.165) is 35.3 Å². The maximum absolute atomic E-state index is 12.9. The standard InChI is InChI=1S/C24H25N3O4S/c1-16-4-11-20-21(14-16)26-24(25-20)13-7-17-5-8-18(9-6-17)27-32(28,29)23-15-19(30-2)10-12-22(23)31-3/h4-6,8-12,14-15,27H,7,13H2,1-3H3,(H,25,26). The third-order valence-corrected chi connectivity index (χ3v) is 6.61. The largest absolute Gasteiger partial charge is 0.497 e. The summed E-state index contributed by atoms with van der Waals surface area (Å²) in [6, 6.07) is 18.1. The normalized spacial score (nSPS) is 11.5. The fourth-order valence-electron chi connectivity index (χ4n) is 3.50. The van der Waals surface area contributed by atoms with Crippen molar-refractivity contribution < 1.29 is 17.9 Å². The summed E-state index contributed by atoms with van der Waals surface area (Å²) in [6.45, 7) is 2.06. The smallest absolute Gasteiger partial charge is 0.265 e. The van der Waals surface area contributed by atoms with Crippen molar-refractivity contribution in [3.63, 3.8) is 0 Å². The van der Waals surface area contributed by atoms with Crippen molar-refractivity contribution in [1.29, 1.82) is 0 Å². The quantitative estimate of drug-likeness (QED) is 0.412. The molecule has 0 fully saturated rings. The molecular formula is C24H25N3O4S. The van der Waals surface area contributed by atoms with Crippen LogP contribution in [0.25, 0.3) is 11.0 Å². The van der Waals surface area contributed by atoms with Crippen molar-refractivity contribution >= 4 is 26.7 Å². The SMILES string of the molecule is COc1ccc(OC)c(S(=O)(=O)Nc2ccc(CCc3nc4ccc(C)cc4[nH]3)cc2)c1. The molecule has 0 amide bonds. The molecule has 1 heterocycles. The van der Waals surface area contributed by atoms with Crippen molar-refractivity contribution in [2.24, 2.45) is 0 Å². The fourth-order valence-corrected chi connectivity index (χ4v) is 4.74. The number of ether oxygens (including phenoxy) is 2. The average molecular weight is 452 g/mol. The number of aryl methyl sites for hydroxylation is 3. The van der Waals surface area contributed by atoms with E-state index in [9.17, 15) is 8.42 Å². The van der Waals surface area contributed by atoms with E-state index in [1.807, 2.05) is 24.3 Å². The van der Waals surface area contributed by atoms with Crippen LogP contribution in [0.4, 0.5) is 5.69 Å². The molecule has 4 aromatic rings. The van der Waals surface area contributed by atoms with Gasteiger partial charge in [0.1, 0.15) is 22.2 Å². The number of aromatic nitrogens is 2. The van der Waals surface area contributed by atoms with Gasteiger partial charge in [0.2, 0.25) is 0 Å². The van der Waals surface area contributed by atoms with Crippen LogP contribution in [-0.2, 0) is 22.9 Å². The zero-order valence-electron chi connectivity index (χ0n) is 18.2. The Morgan fingerprint density at radius 3 is 2.44 bits per heavy atom. The number of methoxy groups -OCH3 is 2. The third-order valence-electron chi connectivity index (χ3n) is 5.20. The lowest BCUT2D eigenvalue weighted by Gasteiger charge is -2.13. The number of anilines is 1. The first kappa shape index (κ1) is 21.7. The van der Waals surface area contributed by atoms with E-state index >= 15 is 0 Å². The third kappa shape index (κ3) is 4.70. The van der Waals surface area contributed by atoms with Gasteiger partial charge in [0.15, 0.2) is 0 Å². The first-order valence-electron chi connectivity index (χ1n) is 10.2. The maximum atomic E-state index is 12.9. The second kappa shape index (κ2) is 8.92. The molecule has 7 nitrogen and oxygen atoms in total. The van der Waals surface area contributed by atoms with Gasteiger partial charge >= 0.3 is 0 Å². The minimum atomic E-state index is -3.85. The molecule has 2 N–H and O–H groups in total. The van der Waals surface area contributed by atoms with Crippen LogP contribution in [0.15, 0.2) is 65.6 Å². The number of sulfonamides is 1. The highest BCUT2D eigenvalue weighted by molar-refractivity contribution is 7.92. The van der Waals surface area contributed by atoms with Crippen LogP contribution in [0, 0.1) is 6.92 Å². The Balaban J connectivity index is 1.45. The molecule has 8 heteroatoms. The van der Waals surface area contributed by atoms with Gasteiger partial charge in [-0.3, -0.25) is 4.72 Å². The van der Waals surface area contributed by atoms with Crippen LogP contribution in [0.1, 0.15) is 17.0 Å². The zero-order valence-corrected chi connectivity index (χ0v) is 19.0. The number of nitrogens with one attached hydrogen (secondary N) is 2. The van der Waals surface area contributed by atoms with Gasteiger partial charge < -0.3 is 14.5 Å². The van der Waals surface area contributed by atoms with Gasteiger partial charge in [-0.1, -0.05) is 18.2 Å². The predicted molar refractivity (Wildman–Crippen MR) is 125 cm³/mol. The molecule has 0 aliphatic rings. The number of hydrogen-bond donors (Lipinski definition) is 2. The number of aromatic amines is 1. The predicted octanol–water partition coefficient (Wildman–Crippen LogP) is 4.47. The first-order chi connectivity index (χ1) is 15.4. The Morgan fingerprint density at radius 2 is 1.72 bits per heavy atom. The number of H-pyrrole nitrogens is 1. The highest BCUT2D eigenvalue weighted by Crippen LogP contribution is 2.29. The van der Waals surface area contributed by atoms with Crippen LogP contribution in [0.5, 0.6) is 11.5 Å². The van der Waals surface area contributed by atoms with Gasteiger partial charge in [0.05, 0.1) is 25.3 Å². The molecule has 166 valence electrons. The van der Waals surface area contributed by atoms with Crippen LogP contribution in [0.3, 0.4) is 0 Å². The summed E-state index contributed by atoms with van der Waals surface area (Å²) in [5.41, 5.74) is 4.75. The number of imidazole rings is 1. The molecule has 32 heavy (non-hydrogen) atoms. The van der Waals surface area contributed by atoms with E-state index in [-0.39, 0.29) is 10.6 Å². The van der Waals surface area contributed by atoms with Crippen LogP contribution < -0.4 is 14.2 Å². The monoisotopic (exact) mass is 451 g/mol. The molecule has 1 aromatic heterocycles. The minimum Gasteiger partial charge on any atom is -0.497 e. The van der Waals surface area contributed by atoms with Gasteiger partial charge in [-0.2, -0.15) is 0 Å². The van der Waals surface area contributed by atoms with Crippen LogP contribution in [-0.4, -0.2) is 32.6 Å². The highest BCUT2D eigenvalue weighted by atomic mass is 32.2. The molecular weight excluding hydrogens is 426 g/mol. The molecule has 0 unspecified atom stereocenters. The van der Waals surface area contributed by atoms with Crippen molar-refractivity contribution in [3.05, 3.63) is 77.6 Å². The number of hydrogen-bond acceptors (Lipinski definition) is 5. The molecule has 0 atom stereocenters. The van der Waals surface area contributed by atoms with E-state index in [1.54, 1.807) is 24.3 Å².